The smallest absolute Gasteiger partial charge is 0.364 e. The summed E-state index contributed by atoms with van der Waals surface area (Å²) in [7, 11) is 0. The molecule has 3 saturated heterocycles. The maximum absolute atomic E-state index is 13.5. The lowest BCUT2D eigenvalue weighted by Crippen LogP contribution is -2.70. The number of carbonyl (C=O) groups is 3. The number of aliphatic hydroxyl groups is 11. The van der Waals surface area contributed by atoms with Gasteiger partial charge in [0.25, 0.3) is 5.79 Å². The lowest BCUT2D eigenvalue weighted by atomic mass is 9.88. The van der Waals surface area contributed by atoms with Crippen LogP contribution in [0, 0.1) is 0 Å². The number of carbonyl (C=O) groups excluding carboxylic acids is 2. The molecule has 14 N–H and O–H groups in total. The van der Waals surface area contributed by atoms with Gasteiger partial charge >= 0.3 is 5.97 Å². The molecule has 18 unspecified atom stereocenters. The molecule has 3 fully saturated rings. The van der Waals surface area contributed by atoms with E-state index in [-0.39, 0.29) is 12.3 Å². The van der Waals surface area contributed by atoms with E-state index in [9.17, 15) is 75.7 Å². The van der Waals surface area contributed by atoms with Crippen LogP contribution in [0.3, 0.4) is 0 Å². The summed E-state index contributed by atoms with van der Waals surface area (Å²) in [4.78, 5) is 38.6. The van der Waals surface area contributed by atoms with Crippen LogP contribution in [0.4, 0.5) is 0 Å². The molecule has 3 heterocycles. The number of amides is 2. The number of carboxylic acids is 1. The lowest BCUT2D eigenvalue weighted by molar-refractivity contribution is -0.386. The number of ether oxygens (including phenoxy) is 6. The van der Waals surface area contributed by atoms with E-state index in [2.05, 4.69) is 36.6 Å². The second kappa shape index (κ2) is 60.0. The molecule has 18 atom stereocenters. The van der Waals surface area contributed by atoms with Crippen LogP contribution < -0.4 is 10.6 Å². The zero-order valence-corrected chi connectivity index (χ0v) is 64.6. The van der Waals surface area contributed by atoms with Gasteiger partial charge in [-0.05, 0) is 44.9 Å². The van der Waals surface area contributed by atoms with E-state index in [0.717, 1.165) is 51.9 Å². The highest BCUT2D eigenvalue weighted by atomic mass is 16.8. The van der Waals surface area contributed by atoms with E-state index >= 15 is 0 Å². The highest BCUT2D eigenvalue weighted by Gasteiger charge is 2.60. The first kappa shape index (κ1) is 95.4. The van der Waals surface area contributed by atoms with Crippen LogP contribution in [0.15, 0.2) is 24.3 Å². The third kappa shape index (κ3) is 39.7. The fourth-order valence-electron chi connectivity index (χ4n) is 14.5. The molecule has 0 aromatic rings. The summed E-state index contributed by atoms with van der Waals surface area (Å²) < 4.78 is 34.9. The second-order valence-corrected chi connectivity index (χ2v) is 30.3. The maximum atomic E-state index is 13.5. The van der Waals surface area contributed by atoms with Crippen molar-refractivity contribution in [2.45, 2.75) is 445 Å². The van der Waals surface area contributed by atoms with Crippen molar-refractivity contribution in [1.29, 1.82) is 0 Å². The van der Waals surface area contributed by atoms with Crippen molar-refractivity contribution in [3.8, 4) is 0 Å². The highest BCUT2D eigenvalue weighted by molar-refractivity contribution is 5.77. The zero-order chi connectivity index (χ0) is 76.0. The number of unbranched alkanes of at least 4 members (excludes halogenated alkanes) is 44. The fraction of sp³-hybridized carbons (Fsp3) is 0.914. The Hall–Kier alpha value is -2.79. The number of carboxylic acid groups (broad SMARTS) is 1. The van der Waals surface area contributed by atoms with Gasteiger partial charge in [-0.15, -0.1) is 0 Å². The third-order valence-electron chi connectivity index (χ3n) is 21.1. The largest absolute Gasteiger partial charge is 0.477 e. The molecule has 3 aliphatic heterocycles. The molecule has 0 aromatic carbocycles. The minimum atomic E-state index is -3.08. The molecular formula is C81H150N2O21. The Labute approximate surface area is 625 Å². The molecule has 0 bridgehead atoms. The van der Waals surface area contributed by atoms with Gasteiger partial charge in [-0.25, -0.2) is 4.79 Å². The zero-order valence-electron chi connectivity index (χ0n) is 64.6. The molecule has 0 spiro atoms. The minimum Gasteiger partial charge on any atom is -0.477 e. The van der Waals surface area contributed by atoms with Crippen molar-refractivity contribution >= 4 is 17.8 Å². The van der Waals surface area contributed by atoms with E-state index in [1.54, 1.807) is 6.08 Å². The molecule has 3 aliphatic rings. The minimum absolute atomic E-state index is 0.203. The monoisotopic (exact) mass is 1490 g/mol. The highest BCUT2D eigenvalue weighted by Crippen LogP contribution is 2.39. The Kier molecular flexibility index (Phi) is 55.0. The first-order valence-electron chi connectivity index (χ1n) is 41.7. The summed E-state index contributed by atoms with van der Waals surface area (Å²) >= 11 is 0. The predicted molar refractivity (Wildman–Crippen MR) is 403 cm³/mol. The van der Waals surface area contributed by atoms with E-state index in [1.807, 2.05) is 6.08 Å². The summed E-state index contributed by atoms with van der Waals surface area (Å²) in [5.74, 6) is -6.14. The van der Waals surface area contributed by atoms with Crippen LogP contribution in [0.1, 0.15) is 335 Å². The van der Waals surface area contributed by atoms with Crippen LogP contribution in [0.5, 0.6) is 0 Å². The van der Waals surface area contributed by atoms with Gasteiger partial charge in [0.05, 0.1) is 50.7 Å². The molecule has 23 heteroatoms. The number of aliphatic hydroxyl groups excluding tert-OH is 11. The average Bonchev–Trinajstić information content (AvgIpc) is 0.756. The van der Waals surface area contributed by atoms with E-state index in [0.29, 0.717) is 12.8 Å². The van der Waals surface area contributed by atoms with Crippen LogP contribution in [-0.4, -0.2) is 215 Å². The van der Waals surface area contributed by atoms with Gasteiger partial charge in [0.1, 0.15) is 67.1 Å². The maximum Gasteiger partial charge on any atom is 0.364 e. The SMILES string of the molecule is CCCCCCCCCCCCC/C=C/C(O)C(COC1OC(CO)C(OC2OC(CO)C(O)C(OC3(C(=O)O)CC(O)C(NC(C)=O)C(C(O)C(O)CO)O3)C2O)C(O)C1O)NC(=O)CCCCCCCCCCCCCCCCCCC/C=C\CCCCCCCCCCCCCCCCCC. The number of allylic oxidation sites excluding steroid dienone is 3. The Balaban J connectivity index is 1.40. The second-order valence-electron chi connectivity index (χ2n) is 30.3. The summed E-state index contributed by atoms with van der Waals surface area (Å²) in [6, 6.07) is -2.62. The van der Waals surface area contributed by atoms with Crippen molar-refractivity contribution in [1.82, 2.24) is 10.6 Å². The van der Waals surface area contributed by atoms with Crippen molar-refractivity contribution < 1.29 is 104 Å². The lowest BCUT2D eigenvalue weighted by Gasteiger charge is -2.50. The summed E-state index contributed by atoms with van der Waals surface area (Å²) in [6.07, 6.45) is 38.3. The van der Waals surface area contributed by atoms with Crippen molar-refractivity contribution in [3.05, 3.63) is 24.3 Å². The van der Waals surface area contributed by atoms with Gasteiger partial charge in [0.2, 0.25) is 11.8 Å². The predicted octanol–water partition coefficient (Wildman–Crippen LogP) is 11.5. The number of rotatable bonds is 66. The molecule has 0 saturated carbocycles. The Morgan fingerprint density at radius 3 is 1.31 bits per heavy atom. The van der Waals surface area contributed by atoms with Crippen molar-refractivity contribution in [2.75, 3.05) is 26.4 Å². The van der Waals surface area contributed by atoms with Gasteiger partial charge in [-0.2, -0.15) is 0 Å². The molecular weight excluding hydrogens is 1340 g/mol. The molecule has 2 amide bonds. The number of hydrogen-bond acceptors (Lipinski definition) is 20. The summed E-state index contributed by atoms with van der Waals surface area (Å²) in [5.41, 5.74) is 0. The van der Waals surface area contributed by atoms with Crippen LogP contribution >= 0.6 is 0 Å². The number of hydrogen-bond donors (Lipinski definition) is 14. The van der Waals surface area contributed by atoms with Gasteiger partial charge in [-0.3, -0.25) is 9.59 Å². The molecule has 3 rings (SSSR count). The Morgan fingerprint density at radius 2 is 0.904 bits per heavy atom. The summed E-state index contributed by atoms with van der Waals surface area (Å²) in [5, 5.41) is 136. The first-order valence-corrected chi connectivity index (χ1v) is 41.7. The average molecular weight is 1490 g/mol. The van der Waals surface area contributed by atoms with Crippen LogP contribution in [-0.2, 0) is 42.8 Å². The van der Waals surface area contributed by atoms with E-state index in [4.69, 9.17) is 28.4 Å². The molecule has 610 valence electrons. The number of aliphatic carboxylic acids is 1. The van der Waals surface area contributed by atoms with Gasteiger partial charge < -0.3 is 100 Å². The normalized spacial score (nSPS) is 26.5. The van der Waals surface area contributed by atoms with Crippen LogP contribution in [0.2, 0.25) is 0 Å². The summed E-state index contributed by atoms with van der Waals surface area (Å²) in [6.45, 7) is 2.16. The first-order chi connectivity index (χ1) is 50.4. The quantitative estimate of drug-likeness (QED) is 0.0199. The van der Waals surface area contributed by atoms with Gasteiger partial charge in [0.15, 0.2) is 12.6 Å². The Bertz CT molecular complexity index is 2170. The molecule has 23 nitrogen and oxygen atoms in total. The van der Waals surface area contributed by atoms with E-state index < -0.39 is 155 Å². The van der Waals surface area contributed by atoms with Crippen molar-refractivity contribution in [2.24, 2.45) is 0 Å². The fourth-order valence-corrected chi connectivity index (χ4v) is 14.5. The molecule has 0 aromatic heterocycles. The van der Waals surface area contributed by atoms with Crippen molar-refractivity contribution in [3.63, 3.8) is 0 Å². The molecule has 104 heavy (non-hydrogen) atoms. The third-order valence-corrected chi connectivity index (χ3v) is 21.1. The topological polar surface area (TPSA) is 373 Å². The molecule has 0 aliphatic carbocycles. The molecule has 0 radical (unpaired) electrons. The van der Waals surface area contributed by atoms with Gasteiger partial charge in [-0.1, -0.05) is 295 Å². The van der Waals surface area contributed by atoms with Crippen LogP contribution in [0.25, 0.3) is 0 Å². The Morgan fingerprint density at radius 1 is 0.500 bits per heavy atom. The van der Waals surface area contributed by atoms with Gasteiger partial charge in [0, 0.05) is 19.8 Å². The van der Waals surface area contributed by atoms with E-state index in [1.165, 1.54) is 244 Å². The standard InChI is InChI=1S/C81H150N2O21/c1-4-6-8-10-12-14-16-18-19-20-21-22-23-24-25-26-27-28-29-30-31-32-33-34-35-36-37-38-39-40-41-43-45-47-49-51-53-55-68(91)83-62(63(88)54-52-50-48-46-44-42-17-15-13-11-9-7-5-2)60-99-78-73(95)72(94)75(67(59-86)101-78)102-79-74(96)77(71(93)66(58-85)100-79)104-81(80(97)98)56-64(89)69(82-61(3)87)76(103-81)70(92)65(90)57-84/h28-29,52,54,62-67,69-79,84-86,88-90,92-96H,4-27,30-51,53,55-60H2,1-3H3,(H,82,87)(H,83,91)(H,97,98)/b29-28-,54-52+. The number of nitrogens with one attached hydrogen (secondary N) is 2.